The highest BCUT2D eigenvalue weighted by atomic mass is 16.5. The molecule has 2 rings (SSSR count). The van der Waals surface area contributed by atoms with Crippen LogP contribution < -0.4 is 10.1 Å². The first-order valence-electron chi connectivity index (χ1n) is 6.83. The third-order valence-electron chi connectivity index (χ3n) is 3.59. The zero-order valence-electron chi connectivity index (χ0n) is 11.7. The maximum absolute atomic E-state index is 12.3. The molecule has 4 nitrogen and oxygen atoms in total. The summed E-state index contributed by atoms with van der Waals surface area (Å²) in [7, 11) is 3.49. The number of carbonyl (C=O) groups excluding carboxylic acids is 1. The second-order valence-corrected chi connectivity index (χ2v) is 5.06. The summed E-state index contributed by atoms with van der Waals surface area (Å²) in [5.74, 6) is 0.836. The van der Waals surface area contributed by atoms with E-state index >= 15 is 0 Å². The van der Waals surface area contributed by atoms with Gasteiger partial charge in [0.15, 0.2) is 0 Å². The lowest BCUT2D eigenvalue weighted by Gasteiger charge is -2.28. The van der Waals surface area contributed by atoms with Crippen LogP contribution in [-0.4, -0.2) is 44.1 Å². The molecular formula is C15H22N2O2. The summed E-state index contributed by atoms with van der Waals surface area (Å²) in [5.41, 5.74) is 0.708. The zero-order valence-corrected chi connectivity index (χ0v) is 11.7. The fraction of sp³-hybridized carbons (Fsp3) is 0.533. The van der Waals surface area contributed by atoms with E-state index in [-0.39, 0.29) is 5.91 Å². The Bertz CT molecular complexity index is 411. The molecule has 1 fully saturated rings. The Labute approximate surface area is 114 Å². The van der Waals surface area contributed by atoms with E-state index in [0.717, 1.165) is 25.3 Å². The number of carbonyl (C=O) groups is 1. The summed E-state index contributed by atoms with van der Waals surface area (Å²) < 4.78 is 5.10. The van der Waals surface area contributed by atoms with E-state index in [1.165, 1.54) is 12.8 Å². The van der Waals surface area contributed by atoms with Gasteiger partial charge in [-0.1, -0.05) is 6.42 Å². The van der Waals surface area contributed by atoms with Crippen molar-refractivity contribution in [3.05, 3.63) is 29.8 Å². The standard InChI is InChI=1S/C15H22N2O2/c1-17(11-13-5-3-4-10-16-13)15(18)12-6-8-14(19-2)9-7-12/h6-9,13,16H,3-5,10-11H2,1-2H3. The third kappa shape index (κ3) is 3.70. The molecule has 0 radical (unpaired) electrons. The van der Waals surface area contributed by atoms with Crippen molar-refractivity contribution < 1.29 is 9.53 Å². The van der Waals surface area contributed by atoms with Gasteiger partial charge in [-0.25, -0.2) is 0 Å². The number of benzene rings is 1. The molecule has 104 valence electrons. The van der Waals surface area contributed by atoms with Crippen LogP contribution in [-0.2, 0) is 0 Å². The monoisotopic (exact) mass is 262 g/mol. The topological polar surface area (TPSA) is 41.6 Å². The number of hydrogen-bond acceptors (Lipinski definition) is 3. The van der Waals surface area contributed by atoms with Crippen LogP contribution in [0.25, 0.3) is 0 Å². The average Bonchev–Trinajstić information content (AvgIpc) is 2.47. The highest BCUT2D eigenvalue weighted by molar-refractivity contribution is 5.94. The van der Waals surface area contributed by atoms with Crippen LogP contribution in [0.4, 0.5) is 0 Å². The van der Waals surface area contributed by atoms with Crippen molar-refractivity contribution in [1.82, 2.24) is 10.2 Å². The van der Waals surface area contributed by atoms with Crippen molar-refractivity contribution in [3.8, 4) is 5.75 Å². The number of rotatable bonds is 4. The summed E-state index contributed by atoms with van der Waals surface area (Å²) >= 11 is 0. The molecule has 0 saturated carbocycles. The molecule has 1 N–H and O–H groups in total. The largest absolute Gasteiger partial charge is 0.497 e. The molecular weight excluding hydrogens is 240 g/mol. The molecule has 1 heterocycles. The van der Waals surface area contributed by atoms with Gasteiger partial charge in [-0.2, -0.15) is 0 Å². The molecule has 4 heteroatoms. The predicted octanol–water partition coefficient (Wildman–Crippen LogP) is 1.91. The Morgan fingerprint density at radius 1 is 1.37 bits per heavy atom. The van der Waals surface area contributed by atoms with Crippen molar-refractivity contribution in [2.75, 3.05) is 27.2 Å². The van der Waals surface area contributed by atoms with Crippen LogP contribution in [0, 0.1) is 0 Å². The molecule has 19 heavy (non-hydrogen) atoms. The Hall–Kier alpha value is -1.55. The average molecular weight is 262 g/mol. The molecule has 1 aromatic rings. The van der Waals surface area contributed by atoms with Gasteiger partial charge in [-0.3, -0.25) is 4.79 Å². The molecule has 0 bridgehead atoms. The van der Waals surface area contributed by atoms with E-state index in [4.69, 9.17) is 4.74 Å². The number of methoxy groups -OCH3 is 1. The summed E-state index contributed by atoms with van der Waals surface area (Å²) in [6, 6.07) is 7.69. The lowest BCUT2D eigenvalue weighted by atomic mass is 10.0. The van der Waals surface area contributed by atoms with Gasteiger partial charge in [-0.15, -0.1) is 0 Å². The van der Waals surface area contributed by atoms with Gasteiger partial charge >= 0.3 is 0 Å². The summed E-state index contributed by atoms with van der Waals surface area (Å²) in [6.07, 6.45) is 3.65. The first kappa shape index (κ1) is 13.9. The number of ether oxygens (including phenoxy) is 1. The van der Waals surface area contributed by atoms with Gasteiger partial charge in [0.2, 0.25) is 0 Å². The molecule has 1 amide bonds. The van der Waals surface area contributed by atoms with Crippen molar-refractivity contribution >= 4 is 5.91 Å². The van der Waals surface area contributed by atoms with Crippen molar-refractivity contribution in [3.63, 3.8) is 0 Å². The van der Waals surface area contributed by atoms with Crippen LogP contribution in [0.2, 0.25) is 0 Å². The Kier molecular flexibility index (Phi) is 4.80. The fourth-order valence-corrected chi connectivity index (χ4v) is 2.45. The Morgan fingerprint density at radius 3 is 2.68 bits per heavy atom. The summed E-state index contributed by atoms with van der Waals surface area (Å²) in [6.45, 7) is 1.83. The minimum Gasteiger partial charge on any atom is -0.497 e. The van der Waals surface area contributed by atoms with Crippen molar-refractivity contribution in [1.29, 1.82) is 0 Å². The van der Waals surface area contributed by atoms with E-state index in [1.54, 1.807) is 12.0 Å². The number of likely N-dealkylation sites (N-methyl/N-ethyl adjacent to an activating group) is 1. The van der Waals surface area contributed by atoms with E-state index in [1.807, 2.05) is 31.3 Å². The van der Waals surface area contributed by atoms with Gasteiger partial charge in [0.05, 0.1) is 7.11 Å². The number of piperidine rings is 1. The lowest BCUT2D eigenvalue weighted by Crippen LogP contribution is -2.44. The quantitative estimate of drug-likeness (QED) is 0.901. The smallest absolute Gasteiger partial charge is 0.253 e. The molecule has 1 unspecified atom stereocenters. The molecule has 1 aromatic carbocycles. The maximum atomic E-state index is 12.3. The number of amides is 1. The maximum Gasteiger partial charge on any atom is 0.253 e. The lowest BCUT2D eigenvalue weighted by molar-refractivity contribution is 0.0775. The van der Waals surface area contributed by atoms with Crippen molar-refractivity contribution in [2.24, 2.45) is 0 Å². The van der Waals surface area contributed by atoms with Gasteiger partial charge < -0.3 is 15.0 Å². The van der Waals surface area contributed by atoms with Crippen LogP contribution in [0.1, 0.15) is 29.6 Å². The van der Waals surface area contributed by atoms with Crippen LogP contribution in [0.5, 0.6) is 5.75 Å². The van der Waals surface area contributed by atoms with Gasteiger partial charge in [-0.05, 0) is 43.7 Å². The highest BCUT2D eigenvalue weighted by Crippen LogP contribution is 2.14. The van der Waals surface area contributed by atoms with Crippen LogP contribution >= 0.6 is 0 Å². The van der Waals surface area contributed by atoms with Crippen LogP contribution in [0.3, 0.4) is 0 Å². The second kappa shape index (κ2) is 6.57. The third-order valence-corrected chi connectivity index (χ3v) is 3.59. The van der Waals surface area contributed by atoms with Gasteiger partial charge in [0.1, 0.15) is 5.75 Å². The number of nitrogens with zero attached hydrogens (tertiary/aromatic N) is 1. The predicted molar refractivity (Wildman–Crippen MR) is 75.6 cm³/mol. The van der Waals surface area contributed by atoms with Gasteiger partial charge in [0.25, 0.3) is 5.91 Å². The Balaban J connectivity index is 1.93. The summed E-state index contributed by atoms with van der Waals surface area (Å²) in [5, 5.41) is 3.46. The number of hydrogen-bond donors (Lipinski definition) is 1. The molecule has 1 aliphatic heterocycles. The van der Waals surface area contributed by atoms with E-state index < -0.39 is 0 Å². The Morgan fingerprint density at radius 2 is 2.11 bits per heavy atom. The van der Waals surface area contributed by atoms with E-state index in [2.05, 4.69) is 5.32 Å². The van der Waals surface area contributed by atoms with Crippen molar-refractivity contribution in [2.45, 2.75) is 25.3 Å². The molecule has 1 atom stereocenters. The minimum atomic E-state index is 0.0648. The van der Waals surface area contributed by atoms with E-state index in [0.29, 0.717) is 11.6 Å². The zero-order chi connectivity index (χ0) is 13.7. The molecule has 0 aromatic heterocycles. The summed E-state index contributed by atoms with van der Waals surface area (Å²) in [4.78, 5) is 14.1. The number of nitrogens with one attached hydrogen (secondary N) is 1. The molecule has 1 aliphatic rings. The molecule has 0 aliphatic carbocycles. The first-order valence-corrected chi connectivity index (χ1v) is 6.83. The first-order chi connectivity index (χ1) is 9.20. The normalized spacial score (nSPS) is 18.9. The highest BCUT2D eigenvalue weighted by Gasteiger charge is 2.18. The molecule has 1 saturated heterocycles. The fourth-order valence-electron chi connectivity index (χ4n) is 2.45. The van der Waals surface area contributed by atoms with Gasteiger partial charge in [0, 0.05) is 25.2 Å². The minimum absolute atomic E-state index is 0.0648. The van der Waals surface area contributed by atoms with Crippen LogP contribution in [0.15, 0.2) is 24.3 Å². The second-order valence-electron chi connectivity index (χ2n) is 5.06. The SMILES string of the molecule is COc1ccc(C(=O)N(C)CC2CCCCN2)cc1. The van der Waals surface area contributed by atoms with E-state index in [9.17, 15) is 4.79 Å². The molecule has 0 spiro atoms.